The number of nitrogens with two attached hydrogens (primary N) is 1. The summed E-state index contributed by atoms with van der Waals surface area (Å²) in [5.41, 5.74) is 6.47. The number of rotatable bonds is 0. The Morgan fingerprint density at radius 1 is 1.44 bits per heavy atom. The third kappa shape index (κ3) is 0.970. The van der Waals surface area contributed by atoms with Gasteiger partial charge in [-0.25, -0.2) is 0 Å². The van der Waals surface area contributed by atoms with Gasteiger partial charge in [-0.15, -0.1) is 6.42 Å². The highest BCUT2D eigenvalue weighted by atomic mass is 15.1. The standard InChI is InChI=1S/C6H5N3/c1-2-5-3-8-9-4-6(5)7/h1,3-4H,(H2,7,8). The minimum atomic E-state index is 0.493. The number of terminal acetylenes is 1. The molecule has 0 radical (unpaired) electrons. The molecule has 0 fully saturated rings. The molecule has 0 unspecified atom stereocenters. The normalized spacial score (nSPS) is 8.33. The Bertz CT molecular complexity index is 249. The van der Waals surface area contributed by atoms with Gasteiger partial charge in [0.1, 0.15) is 0 Å². The van der Waals surface area contributed by atoms with Crippen LogP contribution < -0.4 is 5.73 Å². The fourth-order valence-corrected chi connectivity index (χ4v) is 0.451. The highest BCUT2D eigenvalue weighted by Gasteiger charge is 1.90. The summed E-state index contributed by atoms with van der Waals surface area (Å²) in [6, 6.07) is 0. The van der Waals surface area contributed by atoms with Crippen LogP contribution in [0.3, 0.4) is 0 Å². The quantitative estimate of drug-likeness (QED) is 0.490. The van der Waals surface area contributed by atoms with Crippen LogP contribution in [-0.2, 0) is 0 Å². The van der Waals surface area contributed by atoms with Gasteiger partial charge >= 0.3 is 0 Å². The zero-order chi connectivity index (χ0) is 6.69. The van der Waals surface area contributed by atoms with Gasteiger partial charge in [-0.05, 0) is 0 Å². The Labute approximate surface area is 52.9 Å². The minimum Gasteiger partial charge on any atom is -0.396 e. The number of aromatic nitrogens is 2. The molecule has 1 aromatic rings. The molecule has 0 saturated heterocycles. The molecular weight excluding hydrogens is 114 g/mol. The van der Waals surface area contributed by atoms with Gasteiger partial charge in [0.15, 0.2) is 0 Å². The van der Waals surface area contributed by atoms with Crippen LogP contribution >= 0.6 is 0 Å². The van der Waals surface area contributed by atoms with E-state index >= 15 is 0 Å². The van der Waals surface area contributed by atoms with E-state index in [9.17, 15) is 0 Å². The van der Waals surface area contributed by atoms with Crippen LogP contribution in [0.1, 0.15) is 5.56 Å². The van der Waals surface area contributed by atoms with Gasteiger partial charge in [0.05, 0.1) is 23.6 Å². The third-order valence-corrected chi connectivity index (χ3v) is 0.917. The maximum atomic E-state index is 5.39. The number of nitrogen functional groups attached to an aromatic ring is 1. The van der Waals surface area contributed by atoms with Gasteiger partial charge in [0.25, 0.3) is 0 Å². The lowest BCUT2D eigenvalue weighted by Gasteiger charge is -1.91. The monoisotopic (exact) mass is 119 g/mol. The van der Waals surface area contributed by atoms with Crippen molar-refractivity contribution in [3.63, 3.8) is 0 Å². The van der Waals surface area contributed by atoms with E-state index in [4.69, 9.17) is 12.2 Å². The molecule has 1 aromatic heterocycles. The van der Waals surface area contributed by atoms with Crippen LogP contribution in [0.25, 0.3) is 0 Å². The maximum absolute atomic E-state index is 5.39. The van der Waals surface area contributed by atoms with Gasteiger partial charge in [-0.3, -0.25) is 0 Å². The first kappa shape index (κ1) is 5.57. The van der Waals surface area contributed by atoms with E-state index in [-0.39, 0.29) is 0 Å². The third-order valence-electron chi connectivity index (χ3n) is 0.917. The lowest BCUT2D eigenvalue weighted by atomic mass is 10.3. The van der Waals surface area contributed by atoms with Crippen LogP contribution in [0.5, 0.6) is 0 Å². The fourth-order valence-electron chi connectivity index (χ4n) is 0.451. The first-order valence-electron chi connectivity index (χ1n) is 2.37. The predicted molar refractivity (Wildman–Crippen MR) is 34.4 cm³/mol. The van der Waals surface area contributed by atoms with Crippen molar-refractivity contribution in [2.45, 2.75) is 0 Å². The van der Waals surface area contributed by atoms with Crippen molar-refractivity contribution in [2.24, 2.45) is 0 Å². The van der Waals surface area contributed by atoms with Gasteiger partial charge in [0.2, 0.25) is 0 Å². The number of anilines is 1. The van der Waals surface area contributed by atoms with Crippen LogP contribution in [0.4, 0.5) is 5.69 Å². The van der Waals surface area contributed by atoms with Crippen molar-refractivity contribution in [1.29, 1.82) is 0 Å². The molecule has 0 aliphatic rings. The molecule has 0 atom stereocenters. The summed E-state index contributed by atoms with van der Waals surface area (Å²) in [5.74, 6) is 2.37. The number of nitrogens with zero attached hydrogens (tertiary/aromatic N) is 2. The van der Waals surface area contributed by atoms with E-state index in [1.807, 2.05) is 0 Å². The van der Waals surface area contributed by atoms with Crippen LogP contribution in [0.15, 0.2) is 12.4 Å². The minimum absolute atomic E-state index is 0.493. The van der Waals surface area contributed by atoms with Crippen molar-refractivity contribution in [1.82, 2.24) is 10.2 Å². The summed E-state index contributed by atoms with van der Waals surface area (Å²) >= 11 is 0. The molecule has 3 nitrogen and oxygen atoms in total. The second kappa shape index (κ2) is 2.14. The van der Waals surface area contributed by atoms with E-state index in [0.29, 0.717) is 11.3 Å². The summed E-state index contributed by atoms with van der Waals surface area (Å²) in [4.78, 5) is 0. The van der Waals surface area contributed by atoms with Crippen molar-refractivity contribution in [3.8, 4) is 12.3 Å². The van der Waals surface area contributed by atoms with Crippen molar-refractivity contribution >= 4 is 5.69 Å². The highest BCUT2D eigenvalue weighted by molar-refractivity contribution is 5.51. The predicted octanol–water partition coefficient (Wildman–Crippen LogP) is 0.0401. The molecule has 0 aromatic carbocycles. The van der Waals surface area contributed by atoms with E-state index in [0.717, 1.165) is 0 Å². The molecule has 0 spiro atoms. The van der Waals surface area contributed by atoms with Gasteiger partial charge in [-0.1, -0.05) is 5.92 Å². The topological polar surface area (TPSA) is 51.8 Å². The average molecular weight is 119 g/mol. The second-order valence-corrected chi connectivity index (χ2v) is 1.50. The number of hydrogen-bond donors (Lipinski definition) is 1. The summed E-state index contributed by atoms with van der Waals surface area (Å²) in [6.45, 7) is 0. The SMILES string of the molecule is C#Cc1cnncc1N. The first-order valence-corrected chi connectivity index (χ1v) is 2.37. The molecule has 1 rings (SSSR count). The highest BCUT2D eigenvalue weighted by Crippen LogP contribution is 2.02. The van der Waals surface area contributed by atoms with Crippen molar-refractivity contribution in [2.75, 3.05) is 5.73 Å². The number of hydrogen-bond acceptors (Lipinski definition) is 3. The Morgan fingerprint density at radius 2 is 2.11 bits per heavy atom. The summed E-state index contributed by atoms with van der Waals surface area (Å²) in [6.07, 6.45) is 7.93. The first-order chi connectivity index (χ1) is 4.34. The van der Waals surface area contributed by atoms with Crippen molar-refractivity contribution in [3.05, 3.63) is 18.0 Å². The van der Waals surface area contributed by atoms with Crippen LogP contribution in [0, 0.1) is 12.3 Å². The Morgan fingerprint density at radius 3 is 2.56 bits per heavy atom. The zero-order valence-corrected chi connectivity index (χ0v) is 4.70. The zero-order valence-electron chi connectivity index (χ0n) is 4.70. The molecule has 0 aliphatic heterocycles. The molecule has 1 heterocycles. The van der Waals surface area contributed by atoms with Gasteiger partial charge in [-0.2, -0.15) is 10.2 Å². The Kier molecular flexibility index (Phi) is 1.32. The fraction of sp³-hybridized carbons (Fsp3) is 0. The molecular formula is C6H5N3. The average Bonchev–Trinajstić information content (AvgIpc) is 1.89. The van der Waals surface area contributed by atoms with E-state index in [2.05, 4.69) is 16.1 Å². The van der Waals surface area contributed by atoms with Gasteiger partial charge in [0, 0.05) is 0 Å². The van der Waals surface area contributed by atoms with E-state index < -0.39 is 0 Å². The summed E-state index contributed by atoms with van der Waals surface area (Å²) in [7, 11) is 0. The second-order valence-electron chi connectivity index (χ2n) is 1.50. The van der Waals surface area contributed by atoms with Crippen molar-refractivity contribution < 1.29 is 0 Å². The molecule has 3 heteroatoms. The lowest BCUT2D eigenvalue weighted by molar-refractivity contribution is 1.03. The molecule has 44 valence electrons. The van der Waals surface area contributed by atoms with Crippen LogP contribution in [-0.4, -0.2) is 10.2 Å². The van der Waals surface area contributed by atoms with Gasteiger partial charge < -0.3 is 5.73 Å². The van der Waals surface area contributed by atoms with E-state index in [1.165, 1.54) is 12.4 Å². The summed E-state index contributed by atoms with van der Waals surface area (Å²) in [5, 5.41) is 7.07. The lowest BCUT2D eigenvalue weighted by Crippen LogP contribution is -1.92. The molecule has 9 heavy (non-hydrogen) atoms. The molecule has 0 aliphatic carbocycles. The maximum Gasteiger partial charge on any atom is 0.0738 e. The largest absolute Gasteiger partial charge is 0.396 e. The molecule has 0 saturated carbocycles. The molecule has 0 bridgehead atoms. The Hall–Kier alpha value is -1.56. The molecule has 2 N–H and O–H groups in total. The van der Waals surface area contributed by atoms with Crippen LogP contribution in [0.2, 0.25) is 0 Å². The summed E-state index contributed by atoms with van der Waals surface area (Å²) < 4.78 is 0. The molecule has 0 amide bonds. The smallest absolute Gasteiger partial charge is 0.0738 e. The van der Waals surface area contributed by atoms with E-state index in [1.54, 1.807) is 0 Å². The Balaban J connectivity index is 3.20.